The lowest BCUT2D eigenvalue weighted by Gasteiger charge is -2.27. The lowest BCUT2D eigenvalue weighted by molar-refractivity contribution is -0.131. The van der Waals surface area contributed by atoms with Crippen LogP contribution in [0.1, 0.15) is 47.5 Å². The van der Waals surface area contributed by atoms with Gasteiger partial charge in [0, 0.05) is 19.1 Å². The van der Waals surface area contributed by atoms with E-state index in [-0.39, 0.29) is 41.5 Å². The molecular formula is C25H38N3O7P. The SMILES string of the molecule is CCOP(=O)(C[C@@H](CC(C)C)C(=O)N[C@@H](CC(C)C)C(=O)NC)Cn1c(=O)oc2ccccc2c1=O. The smallest absolute Gasteiger partial charge is 0.409 e. The van der Waals surface area contributed by atoms with E-state index in [0.717, 1.165) is 4.57 Å². The number of amides is 2. The Hall–Kier alpha value is -2.71. The molecule has 2 aromatic rings. The number of benzene rings is 1. The molecular weight excluding hydrogens is 485 g/mol. The molecule has 1 unspecified atom stereocenters. The molecule has 0 radical (unpaired) electrons. The molecule has 3 atom stereocenters. The third kappa shape index (κ3) is 7.90. The number of hydrogen-bond acceptors (Lipinski definition) is 7. The number of nitrogens with zero attached hydrogens (tertiary/aromatic N) is 1. The van der Waals surface area contributed by atoms with Crippen molar-refractivity contribution in [2.45, 2.75) is 59.8 Å². The third-order valence-corrected chi connectivity index (χ3v) is 8.15. The molecule has 1 aromatic carbocycles. The van der Waals surface area contributed by atoms with Crippen molar-refractivity contribution >= 4 is 30.2 Å². The molecule has 200 valence electrons. The average Bonchev–Trinajstić information content (AvgIpc) is 2.80. The topological polar surface area (TPSA) is 137 Å². The number of rotatable bonds is 13. The fraction of sp³-hybridized carbons (Fsp3) is 0.600. The summed E-state index contributed by atoms with van der Waals surface area (Å²) < 4.78 is 25.6. The molecule has 10 nitrogen and oxygen atoms in total. The summed E-state index contributed by atoms with van der Waals surface area (Å²) in [6.07, 6.45) is 0.119. The molecule has 0 bridgehead atoms. The third-order valence-electron chi connectivity index (χ3n) is 5.71. The van der Waals surface area contributed by atoms with Crippen LogP contribution in [0.5, 0.6) is 0 Å². The number of hydrogen-bond donors (Lipinski definition) is 2. The van der Waals surface area contributed by atoms with E-state index in [4.69, 9.17) is 8.94 Å². The summed E-state index contributed by atoms with van der Waals surface area (Å²) in [5.41, 5.74) is -0.499. The molecule has 0 aliphatic heterocycles. The fourth-order valence-electron chi connectivity index (χ4n) is 4.17. The molecule has 1 aromatic heterocycles. The van der Waals surface area contributed by atoms with Gasteiger partial charge in [-0.2, -0.15) is 0 Å². The molecule has 0 spiro atoms. The molecule has 0 saturated carbocycles. The summed E-state index contributed by atoms with van der Waals surface area (Å²) in [5.74, 6) is -2.20. The highest BCUT2D eigenvalue weighted by atomic mass is 31.2. The Morgan fingerprint density at radius 3 is 2.28 bits per heavy atom. The minimum absolute atomic E-state index is 0.0647. The number of nitrogens with one attached hydrogen (secondary N) is 2. The highest BCUT2D eigenvalue weighted by Gasteiger charge is 2.35. The van der Waals surface area contributed by atoms with Crippen molar-refractivity contribution < 1.29 is 23.1 Å². The zero-order chi connectivity index (χ0) is 27.0. The van der Waals surface area contributed by atoms with E-state index in [0.29, 0.717) is 12.8 Å². The van der Waals surface area contributed by atoms with Crippen molar-refractivity contribution in [3.63, 3.8) is 0 Å². The molecule has 0 saturated heterocycles. The molecule has 11 heteroatoms. The van der Waals surface area contributed by atoms with E-state index in [9.17, 15) is 23.7 Å². The molecule has 36 heavy (non-hydrogen) atoms. The first-order chi connectivity index (χ1) is 16.9. The van der Waals surface area contributed by atoms with E-state index in [2.05, 4.69) is 10.6 Å². The Morgan fingerprint density at radius 2 is 1.69 bits per heavy atom. The minimum atomic E-state index is -3.70. The second-order valence-corrected chi connectivity index (χ2v) is 12.3. The summed E-state index contributed by atoms with van der Waals surface area (Å²) in [6, 6.07) is 5.57. The lowest BCUT2D eigenvalue weighted by Crippen LogP contribution is -2.49. The van der Waals surface area contributed by atoms with Crippen LogP contribution < -0.4 is 21.9 Å². The molecule has 0 aliphatic carbocycles. The number of carbonyl (C=O) groups is 2. The first kappa shape index (κ1) is 29.5. The fourth-order valence-corrected chi connectivity index (χ4v) is 6.60. The van der Waals surface area contributed by atoms with Crippen molar-refractivity contribution in [1.82, 2.24) is 15.2 Å². The Kier molecular flexibility index (Phi) is 10.7. The largest absolute Gasteiger partial charge is 0.422 e. The van der Waals surface area contributed by atoms with Crippen LogP contribution >= 0.6 is 7.37 Å². The zero-order valence-corrected chi connectivity index (χ0v) is 22.8. The van der Waals surface area contributed by atoms with Crippen LogP contribution in [0.4, 0.5) is 0 Å². The van der Waals surface area contributed by atoms with Crippen LogP contribution in [0, 0.1) is 17.8 Å². The maximum absolute atomic E-state index is 14.0. The second-order valence-electron chi connectivity index (χ2n) is 9.79. The van der Waals surface area contributed by atoms with Gasteiger partial charge in [-0.3, -0.25) is 18.9 Å². The van der Waals surface area contributed by atoms with Gasteiger partial charge in [0.2, 0.25) is 19.2 Å². The summed E-state index contributed by atoms with van der Waals surface area (Å²) in [4.78, 5) is 51.2. The van der Waals surface area contributed by atoms with Crippen LogP contribution in [0.3, 0.4) is 0 Å². The predicted octanol–water partition coefficient (Wildman–Crippen LogP) is 3.17. The van der Waals surface area contributed by atoms with E-state index < -0.39 is 42.8 Å². The van der Waals surface area contributed by atoms with E-state index in [1.165, 1.54) is 19.2 Å². The quantitative estimate of drug-likeness (QED) is 0.385. The van der Waals surface area contributed by atoms with Crippen molar-refractivity contribution in [3.05, 3.63) is 45.2 Å². The number of aromatic nitrogens is 1. The van der Waals surface area contributed by atoms with E-state index in [1.807, 2.05) is 27.7 Å². The zero-order valence-electron chi connectivity index (χ0n) is 21.9. The first-order valence-corrected chi connectivity index (χ1v) is 14.3. The van der Waals surface area contributed by atoms with Crippen LogP contribution in [0.15, 0.2) is 38.3 Å². The highest BCUT2D eigenvalue weighted by molar-refractivity contribution is 7.57. The standard InChI is InChI=1S/C25H38N3O7P/c1-7-34-36(33,15-28-24(31)19-10-8-9-11-21(19)35-25(28)32)14-18(12-16(2)3)22(29)27-20(13-17(4)5)23(30)26-6/h8-11,16-18,20H,7,12-15H2,1-6H3,(H,26,30)(H,27,29)/t18-,20+,36?/m1/s1. The van der Waals surface area contributed by atoms with Gasteiger partial charge in [-0.1, -0.05) is 39.8 Å². The monoisotopic (exact) mass is 523 g/mol. The van der Waals surface area contributed by atoms with Gasteiger partial charge in [0.25, 0.3) is 5.56 Å². The molecule has 2 amide bonds. The van der Waals surface area contributed by atoms with Gasteiger partial charge in [0.15, 0.2) is 0 Å². The first-order valence-electron chi connectivity index (χ1n) is 12.3. The summed E-state index contributed by atoms with van der Waals surface area (Å²) in [7, 11) is -2.20. The Labute approximate surface area is 211 Å². The van der Waals surface area contributed by atoms with E-state index >= 15 is 0 Å². The number of likely N-dealkylation sites (N-methyl/N-ethyl adjacent to an activating group) is 1. The second kappa shape index (κ2) is 13.0. The van der Waals surface area contributed by atoms with Gasteiger partial charge >= 0.3 is 5.76 Å². The van der Waals surface area contributed by atoms with Crippen LogP contribution in [0.25, 0.3) is 11.0 Å². The van der Waals surface area contributed by atoms with Crippen molar-refractivity contribution in [2.24, 2.45) is 17.8 Å². The lowest BCUT2D eigenvalue weighted by atomic mass is 9.96. The van der Waals surface area contributed by atoms with Gasteiger partial charge in [-0.15, -0.1) is 0 Å². The summed E-state index contributed by atoms with van der Waals surface area (Å²) >= 11 is 0. The van der Waals surface area contributed by atoms with Gasteiger partial charge in [0.1, 0.15) is 17.9 Å². The maximum atomic E-state index is 14.0. The summed E-state index contributed by atoms with van der Waals surface area (Å²) in [5, 5.41) is 5.55. The molecule has 2 N–H and O–H groups in total. The van der Waals surface area contributed by atoms with Crippen molar-refractivity contribution in [2.75, 3.05) is 19.8 Å². The summed E-state index contributed by atoms with van der Waals surface area (Å²) in [6.45, 7) is 9.47. The number of carbonyl (C=O) groups excluding carboxylic acids is 2. The molecule has 1 heterocycles. The molecule has 0 fully saturated rings. The molecule has 2 rings (SSSR count). The Bertz CT molecular complexity index is 1220. The molecule has 0 aliphatic rings. The van der Waals surface area contributed by atoms with Gasteiger partial charge < -0.3 is 19.6 Å². The van der Waals surface area contributed by atoms with Crippen molar-refractivity contribution in [3.8, 4) is 0 Å². The van der Waals surface area contributed by atoms with Crippen LogP contribution in [-0.4, -0.2) is 42.2 Å². The van der Waals surface area contributed by atoms with Crippen molar-refractivity contribution in [1.29, 1.82) is 0 Å². The number of fused-ring (bicyclic) bond motifs is 1. The van der Waals surface area contributed by atoms with Gasteiger partial charge in [0.05, 0.1) is 12.0 Å². The van der Waals surface area contributed by atoms with E-state index in [1.54, 1.807) is 19.1 Å². The Morgan fingerprint density at radius 1 is 1.06 bits per heavy atom. The van der Waals surface area contributed by atoms with Crippen LogP contribution in [0.2, 0.25) is 0 Å². The predicted molar refractivity (Wildman–Crippen MR) is 139 cm³/mol. The van der Waals surface area contributed by atoms with Gasteiger partial charge in [-0.25, -0.2) is 9.36 Å². The minimum Gasteiger partial charge on any atom is -0.409 e. The highest BCUT2D eigenvalue weighted by Crippen LogP contribution is 2.50. The average molecular weight is 524 g/mol. The normalized spacial score (nSPS) is 15.0. The maximum Gasteiger partial charge on any atom is 0.422 e. The van der Waals surface area contributed by atoms with Gasteiger partial charge in [-0.05, 0) is 43.7 Å². The Balaban J connectivity index is 2.40. The van der Waals surface area contributed by atoms with Crippen LogP contribution in [-0.2, 0) is 25.0 Å². The number of para-hydroxylation sites is 1.